The summed E-state index contributed by atoms with van der Waals surface area (Å²) >= 11 is 29.7. The summed E-state index contributed by atoms with van der Waals surface area (Å²) in [5, 5.41) is 6.19. The molecular formula is C15H11Cl5N2O. The largest absolute Gasteiger partial charge is 0.362 e. The van der Waals surface area contributed by atoms with Crippen molar-refractivity contribution in [1.82, 2.24) is 5.32 Å². The third-order valence-electron chi connectivity index (χ3n) is 2.86. The molecule has 2 rings (SSSR count). The first-order valence-corrected chi connectivity index (χ1v) is 8.30. The summed E-state index contributed by atoms with van der Waals surface area (Å²) in [5.41, 5.74) is 0.913. The summed E-state index contributed by atoms with van der Waals surface area (Å²) in [6.45, 7) is 0. The molecule has 0 saturated heterocycles. The smallest absolute Gasteiger partial charge is 0.254 e. The molecule has 0 aliphatic rings. The molecule has 2 N–H and O–H groups in total. The maximum atomic E-state index is 12.4. The number of benzene rings is 2. The zero-order valence-corrected chi connectivity index (χ0v) is 15.3. The van der Waals surface area contributed by atoms with Gasteiger partial charge in [-0.3, -0.25) is 4.79 Å². The van der Waals surface area contributed by atoms with Gasteiger partial charge < -0.3 is 10.6 Å². The number of alkyl halides is 3. The van der Waals surface area contributed by atoms with Crippen molar-refractivity contribution < 1.29 is 4.79 Å². The Hall–Kier alpha value is -0.840. The van der Waals surface area contributed by atoms with E-state index in [1.165, 1.54) is 12.1 Å². The highest BCUT2D eigenvalue weighted by atomic mass is 35.6. The van der Waals surface area contributed by atoms with E-state index < -0.39 is 15.9 Å². The molecule has 122 valence electrons. The molecule has 0 saturated carbocycles. The van der Waals surface area contributed by atoms with Crippen LogP contribution in [0.5, 0.6) is 0 Å². The fourth-order valence-electron chi connectivity index (χ4n) is 1.78. The Kier molecular flexibility index (Phi) is 6.29. The number of anilines is 1. The molecule has 0 aliphatic carbocycles. The number of nitrogens with one attached hydrogen (secondary N) is 2. The van der Waals surface area contributed by atoms with Gasteiger partial charge in [-0.05, 0) is 30.3 Å². The molecule has 2 aromatic carbocycles. The predicted octanol–water partition coefficient (Wildman–Crippen LogP) is 5.53. The van der Waals surface area contributed by atoms with Crippen molar-refractivity contribution in [2.45, 2.75) is 9.96 Å². The monoisotopic (exact) mass is 410 g/mol. The van der Waals surface area contributed by atoms with Gasteiger partial charge >= 0.3 is 0 Å². The molecular weight excluding hydrogens is 401 g/mol. The molecule has 2 aromatic rings. The molecule has 23 heavy (non-hydrogen) atoms. The number of para-hydroxylation sites is 1. The van der Waals surface area contributed by atoms with Crippen LogP contribution in [0.25, 0.3) is 0 Å². The molecule has 0 radical (unpaired) electrons. The Morgan fingerprint density at radius 2 is 1.65 bits per heavy atom. The summed E-state index contributed by atoms with van der Waals surface area (Å²) in [4.78, 5) is 12.4. The van der Waals surface area contributed by atoms with Gasteiger partial charge in [0.1, 0.15) is 6.17 Å². The van der Waals surface area contributed by atoms with Crippen LogP contribution in [-0.4, -0.2) is 15.9 Å². The minimum Gasteiger partial charge on any atom is -0.362 e. The fraction of sp³-hybridized carbons (Fsp3) is 0.133. The second-order valence-corrected chi connectivity index (χ2v) is 7.80. The van der Waals surface area contributed by atoms with E-state index in [0.717, 1.165) is 0 Å². The van der Waals surface area contributed by atoms with Crippen molar-refractivity contribution in [3.63, 3.8) is 0 Å². The first-order valence-electron chi connectivity index (χ1n) is 6.41. The number of halogens is 5. The molecule has 0 heterocycles. The van der Waals surface area contributed by atoms with Crippen molar-refractivity contribution in [1.29, 1.82) is 0 Å². The lowest BCUT2D eigenvalue weighted by Gasteiger charge is -2.27. The second-order valence-electron chi connectivity index (χ2n) is 4.58. The van der Waals surface area contributed by atoms with Gasteiger partial charge in [0.25, 0.3) is 5.91 Å². The Morgan fingerprint density at radius 3 is 2.22 bits per heavy atom. The van der Waals surface area contributed by atoms with Crippen molar-refractivity contribution in [2.24, 2.45) is 0 Å². The first-order chi connectivity index (χ1) is 10.8. The normalized spacial score (nSPS) is 12.6. The van der Waals surface area contributed by atoms with Crippen LogP contribution in [0, 0.1) is 0 Å². The van der Waals surface area contributed by atoms with Gasteiger partial charge in [0, 0.05) is 10.7 Å². The molecule has 1 amide bonds. The number of carbonyl (C=O) groups excluding carboxylic acids is 1. The number of hydrogen-bond acceptors (Lipinski definition) is 2. The van der Waals surface area contributed by atoms with E-state index in [2.05, 4.69) is 10.6 Å². The molecule has 0 spiro atoms. The molecule has 0 unspecified atom stereocenters. The summed E-state index contributed by atoms with van der Waals surface area (Å²) in [6.07, 6.45) is -0.964. The van der Waals surface area contributed by atoms with E-state index in [1.807, 2.05) is 18.2 Å². The Bertz CT molecular complexity index is 688. The minimum absolute atomic E-state index is 0.206. The first kappa shape index (κ1) is 18.5. The summed E-state index contributed by atoms with van der Waals surface area (Å²) in [6, 6.07) is 13.6. The predicted molar refractivity (Wildman–Crippen MR) is 98.1 cm³/mol. The molecule has 0 fully saturated rings. The third-order valence-corrected chi connectivity index (χ3v) is 4.07. The van der Waals surface area contributed by atoms with Crippen molar-refractivity contribution in [2.75, 3.05) is 5.32 Å². The zero-order valence-electron chi connectivity index (χ0n) is 11.5. The van der Waals surface area contributed by atoms with Crippen molar-refractivity contribution in [3.8, 4) is 0 Å². The van der Waals surface area contributed by atoms with Gasteiger partial charge in [-0.15, -0.1) is 0 Å². The van der Waals surface area contributed by atoms with Gasteiger partial charge in [-0.25, -0.2) is 0 Å². The summed E-state index contributed by atoms with van der Waals surface area (Å²) in [7, 11) is 0. The van der Waals surface area contributed by atoms with Crippen molar-refractivity contribution in [3.05, 3.63) is 64.1 Å². The Balaban J connectivity index is 2.19. The van der Waals surface area contributed by atoms with Gasteiger partial charge in [0.2, 0.25) is 3.79 Å². The van der Waals surface area contributed by atoms with Crippen LogP contribution in [-0.2, 0) is 0 Å². The minimum atomic E-state index is -1.77. The van der Waals surface area contributed by atoms with Crippen LogP contribution >= 0.6 is 58.0 Å². The number of amides is 1. The average molecular weight is 413 g/mol. The number of rotatable bonds is 4. The maximum Gasteiger partial charge on any atom is 0.254 e. The van der Waals surface area contributed by atoms with E-state index in [-0.39, 0.29) is 10.6 Å². The van der Waals surface area contributed by atoms with Crippen molar-refractivity contribution >= 4 is 69.6 Å². The highest BCUT2D eigenvalue weighted by molar-refractivity contribution is 6.68. The van der Waals surface area contributed by atoms with E-state index in [1.54, 1.807) is 18.2 Å². The average Bonchev–Trinajstić information content (AvgIpc) is 2.46. The lowest BCUT2D eigenvalue weighted by Crippen LogP contribution is -2.49. The van der Waals surface area contributed by atoms with Gasteiger partial charge in [0.05, 0.1) is 10.6 Å². The molecule has 1 atom stereocenters. The quantitative estimate of drug-likeness (QED) is 0.512. The lowest BCUT2D eigenvalue weighted by molar-refractivity contribution is 0.0942. The number of carbonyl (C=O) groups is 1. The zero-order chi connectivity index (χ0) is 17.0. The highest BCUT2D eigenvalue weighted by Gasteiger charge is 2.34. The molecule has 0 bridgehead atoms. The Labute approximate surface area is 158 Å². The van der Waals surface area contributed by atoms with E-state index in [9.17, 15) is 4.79 Å². The Morgan fingerprint density at radius 1 is 1.00 bits per heavy atom. The van der Waals surface area contributed by atoms with Gasteiger partial charge in [-0.2, -0.15) is 0 Å². The molecule has 0 aromatic heterocycles. The summed E-state index contributed by atoms with van der Waals surface area (Å²) < 4.78 is -1.77. The van der Waals surface area contributed by atoms with Crippen LogP contribution in [0.1, 0.15) is 10.4 Å². The summed E-state index contributed by atoms with van der Waals surface area (Å²) in [5.74, 6) is -0.494. The standard InChI is InChI=1S/C15H11Cl5N2O/c16-9-6-7-11(12(17)8-9)13(23)22-14(15(18,19)20)21-10-4-2-1-3-5-10/h1-8,14,21H,(H,22,23)/t14-/m1/s1. The van der Waals surface area contributed by atoms with E-state index >= 15 is 0 Å². The lowest BCUT2D eigenvalue weighted by atomic mass is 10.2. The molecule has 8 heteroatoms. The molecule has 3 nitrogen and oxygen atoms in total. The van der Waals surface area contributed by atoms with Crippen LogP contribution in [0.2, 0.25) is 10.0 Å². The van der Waals surface area contributed by atoms with Crippen LogP contribution in [0.4, 0.5) is 5.69 Å². The maximum absolute atomic E-state index is 12.4. The van der Waals surface area contributed by atoms with Crippen LogP contribution in [0.3, 0.4) is 0 Å². The van der Waals surface area contributed by atoms with Crippen LogP contribution in [0.15, 0.2) is 48.5 Å². The van der Waals surface area contributed by atoms with E-state index in [4.69, 9.17) is 58.0 Å². The third kappa shape index (κ3) is 5.33. The van der Waals surface area contributed by atoms with Crippen LogP contribution < -0.4 is 10.6 Å². The SMILES string of the molecule is O=C(N[C@@H](Nc1ccccc1)C(Cl)(Cl)Cl)c1ccc(Cl)cc1Cl. The van der Waals surface area contributed by atoms with Gasteiger partial charge in [-0.1, -0.05) is 76.2 Å². The molecule has 0 aliphatic heterocycles. The highest BCUT2D eigenvalue weighted by Crippen LogP contribution is 2.31. The topological polar surface area (TPSA) is 41.1 Å². The van der Waals surface area contributed by atoms with Gasteiger partial charge in [0.15, 0.2) is 0 Å². The number of hydrogen-bond donors (Lipinski definition) is 2. The second kappa shape index (κ2) is 7.82. The van der Waals surface area contributed by atoms with E-state index in [0.29, 0.717) is 10.7 Å². The fourth-order valence-corrected chi connectivity index (χ4v) is 2.60.